The van der Waals surface area contributed by atoms with Gasteiger partial charge >= 0.3 is 0 Å². The van der Waals surface area contributed by atoms with E-state index < -0.39 is 5.60 Å². The van der Waals surface area contributed by atoms with E-state index in [1.807, 2.05) is 4.90 Å². The highest BCUT2D eigenvalue weighted by Crippen LogP contribution is 2.25. The number of benzene rings is 1. The number of likely N-dealkylation sites (N-methyl/N-ethyl adjacent to an activating group) is 1. The van der Waals surface area contributed by atoms with Gasteiger partial charge in [-0.3, -0.25) is 4.79 Å². The summed E-state index contributed by atoms with van der Waals surface area (Å²) in [5.41, 5.74) is -0.0559. The van der Waals surface area contributed by atoms with Gasteiger partial charge in [-0.2, -0.15) is 0 Å². The second-order valence-electron chi connectivity index (χ2n) is 6.82. The van der Waals surface area contributed by atoms with Crippen molar-refractivity contribution in [3.63, 3.8) is 0 Å². The van der Waals surface area contributed by atoms with Crippen LogP contribution in [0.5, 0.6) is 0 Å². The SMILES string of the molecule is CN(CC1(O)CCN(c2ncccn2)C1)C(=O)CCc1ccc(F)cc1. The van der Waals surface area contributed by atoms with E-state index in [9.17, 15) is 14.3 Å². The molecule has 1 atom stereocenters. The predicted molar refractivity (Wildman–Crippen MR) is 96.2 cm³/mol. The van der Waals surface area contributed by atoms with E-state index in [2.05, 4.69) is 9.97 Å². The molecule has 1 amide bonds. The number of rotatable bonds is 6. The Kier molecular flexibility index (Phi) is 5.46. The minimum atomic E-state index is -0.973. The number of hydrogen-bond donors (Lipinski definition) is 1. The van der Waals surface area contributed by atoms with Crippen molar-refractivity contribution in [1.82, 2.24) is 14.9 Å². The van der Waals surface area contributed by atoms with Crippen LogP contribution in [0.15, 0.2) is 42.7 Å². The van der Waals surface area contributed by atoms with Crippen molar-refractivity contribution in [2.24, 2.45) is 0 Å². The Morgan fingerprint density at radius 3 is 2.69 bits per heavy atom. The first-order valence-corrected chi connectivity index (χ1v) is 8.68. The molecule has 6 nitrogen and oxygen atoms in total. The fraction of sp³-hybridized carbons (Fsp3) is 0.421. The summed E-state index contributed by atoms with van der Waals surface area (Å²) in [7, 11) is 1.70. The number of carbonyl (C=O) groups excluding carboxylic acids is 1. The van der Waals surface area contributed by atoms with E-state index in [1.54, 1.807) is 42.5 Å². The third kappa shape index (κ3) is 4.54. The minimum Gasteiger partial charge on any atom is -0.386 e. The molecule has 0 saturated carbocycles. The van der Waals surface area contributed by atoms with Crippen LogP contribution < -0.4 is 4.90 Å². The molecule has 26 heavy (non-hydrogen) atoms. The standard InChI is InChI=1S/C19H23FN4O2/c1-23(17(25)8-5-15-3-6-16(20)7-4-15)13-19(26)9-12-24(14-19)18-21-10-2-11-22-18/h2-4,6-7,10-11,26H,5,8-9,12-14H2,1H3. The van der Waals surface area contributed by atoms with Gasteiger partial charge in [0, 0.05) is 32.4 Å². The Bertz CT molecular complexity index is 741. The van der Waals surface area contributed by atoms with Gasteiger partial charge in [-0.05, 0) is 36.6 Å². The lowest BCUT2D eigenvalue weighted by Gasteiger charge is -2.29. The maximum Gasteiger partial charge on any atom is 0.225 e. The first kappa shape index (κ1) is 18.3. The fourth-order valence-electron chi connectivity index (χ4n) is 3.23. The van der Waals surface area contributed by atoms with Crippen LogP contribution in [0.3, 0.4) is 0 Å². The van der Waals surface area contributed by atoms with Gasteiger partial charge in [-0.15, -0.1) is 0 Å². The van der Waals surface area contributed by atoms with Crippen molar-refractivity contribution in [3.05, 3.63) is 54.1 Å². The van der Waals surface area contributed by atoms with Crippen molar-refractivity contribution >= 4 is 11.9 Å². The maximum absolute atomic E-state index is 12.9. The molecule has 1 N–H and O–H groups in total. The summed E-state index contributed by atoms with van der Waals surface area (Å²) in [5.74, 6) is 0.262. The molecule has 1 aliphatic heterocycles. The van der Waals surface area contributed by atoms with E-state index in [0.29, 0.717) is 38.3 Å². The number of amides is 1. The zero-order valence-electron chi connectivity index (χ0n) is 14.8. The number of nitrogens with zero attached hydrogens (tertiary/aromatic N) is 4. The maximum atomic E-state index is 12.9. The molecular weight excluding hydrogens is 335 g/mol. The van der Waals surface area contributed by atoms with Gasteiger partial charge in [0.1, 0.15) is 11.4 Å². The molecule has 1 aromatic heterocycles. The van der Waals surface area contributed by atoms with Crippen LogP contribution in [0.4, 0.5) is 10.3 Å². The largest absolute Gasteiger partial charge is 0.386 e. The molecule has 0 bridgehead atoms. The molecular formula is C19H23FN4O2. The Morgan fingerprint density at radius 1 is 1.31 bits per heavy atom. The van der Waals surface area contributed by atoms with Crippen molar-refractivity contribution in [3.8, 4) is 0 Å². The minimum absolute atomic E-state index is 0.0443. The third-order valence-electron chi connectivity index (χ3n) is 4.67. The zero-order valence-corrected chi connectivity index (χ0v) is 14.8. The number of β-amino-alcohol motifs (C(OH)–C–C–N with tert-alkyl or cyclic N) is 1. The summed E-state index contributed by atoms with van der Waals surface area (Å²) in [4.78, 5) is 24.3. The van der Waals surface area contributed by atoms with Gasteiger partial charge in [-0.1, -0.05) is 12.1 Å². The lowest BCUT2D eigenvalue weighted by Crippen LogP contribution is -2.46. The second-order valence-corrected chi connectivity index (χ2v) is 6.82. The molecule has 3 rings (SSSR count). The number of aliphatic hydroxyl groups is 1. The van der Waals surface area contributed by atoms with Crippen LogP contribution in [0.1, 0.15) is 18.4 Å². The predicted octanol–water partition coefficient (Wildman–Crippen LogP) is 1.65. The summed E-state index contributed by atoms with van der Waals surface area (Å²) in [6.45, 7) is 1.31. The first-order chi connectivity index (χ1) is 12.5. The lowest BCUT2D eigenvalue weighted by molar-refractivity contribution is -0.132. The Balaban J connectivity index is 1.51. The monoisotopic (exact) mass is 358 g/mol. The van der Waals surface area contributed by atoms with Gasteiger partial charge in [0.05, 0.1) is 13.1 Å². The highest BCUT2D eigenvalue weighted by Gasteiger charge is 2.38. The number of halogens is 1. The van der Waals surface area contributed by atoms with E-state index in [4.69, 9.17) is 0 Å². The molecule has 7 heteroatoms. The molecule has 0 radical (unpaired) electrons. The van der Waals surface area contributed by atoms with E-state index >= 15 is 0 Å². The summed E-state index contributed by atoms with van der Waals surface area (Å²) in [6.07, 6.45) is 4.77. The summed E-state index contributed by atoms with van der Waals surface area (Å²) >= 11 is 0. The van der Waals surface area contributed by atoms with Crippen LogP contribution in [0, 0.1) is 5.82 Å². The van der Waals surface area contributed by atoms with Crippen LogP contribution in [-0.4, -0.2) is 58.2 Å². The smallest absolute Gasteiger partial charge is 0.225 e. The molecule has 138 valence electrons. The molecule has 1 fully saturated rings. The number of aromatic nitrogens is 2. The first-order valence-electron chi connectivity index (χ1n) is 8.68. The van der Waals surface area contributed by atoms with E-state index in [1.165, 1.54) is 12.1 Å². The zero-order chi connectivity index (χ0) is 18.6. The second kappa shape index (κ2) is 7.78. The number of hydrogen-bond acceptors (Lipinski definition) is 5. The van der Waals surface area contributed by atoms with Crippen molar-refractivity contribution < 1.29 is 14.3 Å². The van der Waals surface area contributed by atoms with Crippen molar-refractivity contribution in [2.75, 3.05) is 31.6 Å². The van der Waals surface area contributed by atoms with Crippen molar-refractivity contribution in [2.45, 2.75) is 24.9 Å². The average Bonchev–Trinajstić information content (AvgIpc) is 3.03. The van der Waals surface area contributed by atoms with Gasteiger partial charge < -0.3 is 14.9 Å². The molecule has 0 aliphatic carbocycles. The Hall–Kier alpha value is -2.54. The average molecular weight is 358 g/mol. The third-order valence-corrected chi connectivity index (χ3v) is 4.67. The fourth-order valence-corrected chi connectivity index (χ4v) is 3.23. The van der Waals surface area contributed by atoms with Crippen LogP contribution in [-0.2, 0) is 11.2 Å². The quantitative estimate of drug-likeness (QED) is 0.850. The van der Waals surface area contributed by atoms with Crippen molar-refractivity contribution in [1.29, 1.82) is 0 Å². The normalized spacial score (nSPS) is 19.6. The molecule has 1 saturated heterocycles. The highest BCUT2D eigenvalue weighted by atomic mass is 19.1. The molecule has 1 aliphatic rings. The Morgan fingerprint density at radius 2 is 2.00 bits per heavy atom. The molecule has 2 aromatic rings. The van der Waals surface area contributed by atoms with Gasteiger partial charge in [-0.25, -0.2) is 14.4 Å². The Labute approximate surface area is 152 Å². The summed E-state index contributed by atoms with van der Waals surface area (Å²) in [5, 5.41) is 10.8. The topological polar surface area (TPSA) is 69.6 Å². The van der Waals surface area contributed by atoms with E-state index in [-0.39, 0.29) is 18.3 Å². The highest BCUT2D eigenvalue weighted by molar-refractivity contribution is 5.76. The summed E-state index contributed by atoms with van der Waals surface area (Å²) < 4.78 is 12.9. The molecule has 0 spiro atoms. The summed E-state index contributed by atoms with van der Waals surface area (Å²) in [6, 6.07) is 7.91. The van der Waals surface area contributed by atoms with Gasteiger partial charge in [0.15, 0.2) is 0 Å². The number of anilines is 1. The van der Waals surface area contributed by atoms with Gasteiger partial charge in [0.2, 0.25) is 11.9 Å². The van der Waals surface area contributed by atoms with Crippen LogP contribution >= 0.6 is 0 Å². The number of aryl methyl sites for hydroxylation is 1. The molecule has 2 heterocycles. The van der Waals surface area contributed by atoms with Gasteiger partial charge in [0.25, 0.3) is 0 Å². The van der Waals surface area contributed by atoms with Crippen LogP contribution in [0.25, 0.3) is 0 Å². The van der Waals surface area contributed by atoms with E-state index in [0.717, 1.165) is 5.56 Å². The van der Waals surface area contributed by atoms with Crippen LogP contribution in [0.2, 0.25) is 0 Å². The lowest BCUT2D eigenvalue weighted by atomic mass is 10.0. The number of carbonyl (C=O) groups is 1. The molecule has 1 aromatic carbocycles. The molecule has 1 unspecified atom stereocenters.